The summed E-state index contributed by atoms with van der Waals surface area (Å²) < 4.78 is 4.65. The smallest absolute Gasteiger partial charge is 0.337 e. The van der Waals surface area contributed by atoms with Crippen molar-refractivity contribution in [3.8, 4) is 0 Å². The molecule has 5 heteroatoms. The van der Waals surface area contributed by atoms with Crippen LogP contribution in [-0.4, -0.2) is 25.0 Å². The molecule has 0 aromatic heterocycles. The third-order valence-electron chi connectivity index (χ3n) is 3.12. The number of anilines is 1. The molecule has 1 rings (SSSR count). The molecule has 0 spiro atoms. The van der Waals surface area contributed by atoms with Crippen molar-refractivity contribution in [2.75, 3.05) is 12.4 Å². The van der Waals surface area contributed by atoms with Crippen LogP contribution in [0.3, 0.4) is 0 Å². The fourth-order valence-electron chi connectivity index (χ4n) is 1.65. The Labute approximate surface area is 119 Å². The molecule has 1 atom stereocenters. The third-order valence-corrected chi connectivity index (χ3v) is 3.12. The van der Waals surface area contributed by atoms with Gasteiger partial charge in [-0.15, -0.1) is 0 Å². The number of esters is 1. The number of carbonyl (C=O) groups is 2. The maximum Gasteiger partial charge on any atom is 0.337 e. The lowest BCUT2D eigenvalue weighted by molar-refractivity contribution is -0.119. The molecule has 5 nitrogen and oxygen atoms in total. The molecule has 0 bridgehead atoms. The van der Waals surface area contributed by atoms with E-state index in [1.807, 2.05) is 27.7 Å². The second-order valence-electron chi connectivity index (χ2n) is 5.85. The number of hydrogen-bond acceptors (Lipinski definition) is 4. The molecule has 0 saturated heterocycles. The number of methoxy groups -OCH3 is 1. The minimum absolute atomic E-state index is 0.244. The van der Waals surface area contributed by atoms with Crippen LogP contribution in [0.1, 0.15) is 36.7 Å². The highest BCUT2D eigenvalue weighted by molar-refractivity contribution is 5.97. The zero-order valence-corrected chi connectivity index (χ0v) is 12.6. The zero-order valence-electron chi connectivity index (χ0n) is 12.6. The lowest BCUT2D eigenvalue weighted by Crippen LogP contribution is -2.45. The summed E-state index contributed by atoms with van der Waals surface area (Å²) >= 11 is 0. The van der Waals surface area contributed by atoms with Gasteiger partial charge in [0.25, 0.3) is 0 Å². The van der Waals surface area contributed by atoms with Crippen LogP contribution in [0.2, 0.25) is 0 Å². The van der Waals surface area contributed by atoms with Crippen molar-refractivity contribution >= 4 is 17.6 Å². The van der Waals surface area contributed by atoms with E-state index in [4.69, 9.17) is 5.73 Å². The van der Waals surface area contributed by atoms with Crippen LogP contribution in [0, 0.1) is 12.3 Å². The van der Waals surface area contributed by atoms with Crippen LogP contribution in [-0.2, 0) is 9.53 Å². The van der Waals surface area contributed by atoms with Gasteiger partial charge < -0.3 is 15.8 Å². The first-order valence-electron chi connectivity index (χ1n) is 6.42. The lowest BCUT2D eigenvalue weighted by atomic mass is 9.87. The molecule has 1 aromatic carbocycles. The maximum absolute atomic E-state index is 12.1. The number of ether oxygens (including phenoxy) is 1. The molecule has 0 aliphatic rings. The molecule has 0 fully saturated rings. The summed E-state index contributed by atoms with van der Waals surface area (Å²) in [7, 11) is 1.33. The lowest BCUT2D eigenvalue weighted by Gasteiger charge is -2.26. The Morgan fingerprint density at radius 2 is 1.90 bits per heavy atom. The third kappa shape index (κ3) is 3.81. The van der Waals surface area contributed by atoms with Gasteiger partial charge in [0.15, 0.2) is 0 Å². The van der Waals surface area contributed by atoms with Gasteiger partial charge in [0, 0.05) is 5.69 Å². The second kappa shape index (κ2) is 6.05. The highest BCUT2D eigenvalue weighted by Crippen LogP contribution is 2.21. The van der Waals surface area contributed by atoms with Crippen LogP contribution in [0.25, 0.3) is 0 Å². The number of benzene rings is 1. The fraction of sp³-hybridized carbons (Fsp3) is 0.467. The quantitative estimate of drug-likeness (QED) is 0.830. The monoisotopic (exact) mass is 278 g/mol. The summed E-state index contributed by atoms with van der Waals surface area (Å²) in [6.07, 6.45) is 0. The second-order valence-corrected chi connectivity index (χ2v) is 5.85. The van der Waals surface area contributed by atoms with Gasteiger partial charge in [-0.2, -0.15) is 0 Å². The number of nitrogens with two attached hydrogens (primary N) is 1. The average molecular weight is 278 g/mol. The van der Waals surface area contributed by atoms with E-state index < -0.39 is 12.0 Å². The summed E-state index contributed by atoms with van der Waals surface area (Å²) in [6.45, 7) is 7.53. The van der Waals surface area contributed by atoms with Crippen LogP contribution < -0.4 is 11.1 Å². The van der Waals surface area contributed by atoms with E-state index in [2.05, 4.69) is 10.1 Å². The number of aryl methyl sites for hydroxylation is 1. The van der Waals surface area contributed by atoms with Crippen molar-refractivity contribution in [2.45, 2.75) is 33.7 Å². The highest BCUT2D eigenvalue weighted by atomic mass is 16.5. The van der Waals surface area contributed by atoms with Crippen LogP contribution in [0.15, 0.2) is 18.2 Å². The topological polar surface area (TPSA) is 81.4 Å². The van der Waals surface area contributed by atoms with Crippen molar-refractivity contribution in [1.82, 2.24) is 0 Å². The Morgan fingerprint density at radius 3 is 2.35 bits per heavy atom. The van der Waals surface area contributed by atoms with Crippen molar-refractivity contribution in [3.05, 3.63) is 29.3 Å². The summed E-state index contributed by atoms with van der Waals surface area (Å²) in [5.41, 5.74) is 7.46. The Balaban J connectivity index is 2.89. The number of nitrogens with one attached hydrogen (secondary N) is 1. The van der Waals surface area contributed by atoms with Crippen LogP contribution >= 0.6 is 0 Å². The first-order valence-corrected chi connectivity index (χ1v) is 6.42. The molecule has 0 radical (unpaired) electrons. The van der Waals surface area contributed by atoms with Gasteiger partial charge in [-0.3, -0.25) is 4.79 Å². The molecule has 1 aromatic rings. The Bertz CT molecular complexity index is 518. The van der Waals surface area contributed by atoms with E-state index in [1.165, 1.54) is 7.11 Å². The normalized spacial score (nSPS) is 12.7. The highest BCUT2D eigenvalue weighted by Gasteiger charge is 2.27. The summed E-state index contributed by atoms with van der Waals surface area (Å²) in [5, 5.41) is 2.78. The zero-order chi connectivity index (χ0) is 15.5. The van der Waals surface area contributed by atoms with E-state index in [9.17, 15) is 9.59 Å². The van der Waals surface area contributed by atoms with E-state index in [1.54, 1.807) is 18.2 Å². The predicted octanol–water partition coefficient (Wildman–Crippen LogP) is 2.09. The Morgan fingerprint density at radius 1 is 1.30 bits per heavy atom. The maximum atomic E-state index is 12.1. The van der Waals surface area contributed by atoms with E-state index in [0.717, 1.165) is 5.56 Å². The van der Waals surface area contributed by atoms with Crippen molar-refractivity contribution in [2.24, 2.45) is 11.1 Å². The van der Waals surface area contributed by atoms with Crippen molar-refractivity contribution in [3.63, 3.8) is 0 Å². The molecular formula is C15H22N2O3. The molecule has 1 amide bonds. The van der Waals surface area contributed by atoms with Crippen LogP contribution in [0.4, 0.5) is 5.69 Å². The van der Waals surface area contributed by atoms with Gasteiger partial charge in [-0.05, 0) is 36.1 Å². The van der Waals surface area contributed by atoms with E-state index >= 15 is 0 Å². The van der Waals surface area contributed by atoms with Gasteiger partial charge >= 0.3 is 5.97 Å². The van der Waals surface area contributed by atoms with Gasteiger partial charge in [-0.1, -0.05) is 20.8 Å². The van der Waals surface area contributed by atoms with Gasteiger partial charge in [0.05, 0.1) is 18.7 Å². The Kier molecular flexibility index (Phi) is 4.89. The molecule has 0 unspecified atom stereocenters. The van der Waals surface area contributed by atoms with Crippen molar-refractivity contribution < 1.29 is 14.3 Å². The Hall–Kier alpha value is -1.88. The standard InChI is InChI=1S/C15H22N2O3/c1-9-8-10(14(19)20-5)6-7-11(9)17-13(18)12(16)15(2,3)4/h6-8,12H,16H2,1-5H3,(H,17,18)/t12-/m1/s1. The number of hydrogen-bond donors (Lipinski definition) is 2. The van der Waals surface area contributed by atoms with Gasteiger partial charge in [0.2, 0.25) is 5.91 Å². The van der Waals surface area contributed by atoms with Gasteiger partial charge in [-0.25, -0.2) is 4.79 Å². The number of carbonyl (C=O) groups excluding carboxylic acids is 2. The minimum atomic E-state index is -0.609. The van der Waals surface area contributed by atoms with E-state index in [-0.39, 0.29) is 11.3 Å². The van der Waals surface area contributed by atoms with Crippen LogP contribution in [0.5, 0.6) is 0 Å². The molecule has 0 aliphatic heterocycles. The first-order chi connectivity index (χ1) is 9.16. The average Bonchev–Trinajstić information content (AvgIpc) is 2.38. The molecule has 0 saturated carbocycles. The molecular weight excluding hydrogens is 256 g/mol. The molecule has 0 heterocycles. The van der Waals surface area contributed by atoms with Gasteiger partial charge in [0.1, 0.15) is 0 Å². The SMILES string of the molecule is COC(=O)c1ccc(NC(=O)[C@@H](N)C(C)(C)C)c(C)c1. The number of rotatable bonds is 3. The predicted molar refractivity (Wildman–Crippen MR) is 78.6 cm³/mol. The largest absolute Gasteiger partial charge is 0.465 e. The molecule has 3 N–H and O–H groups in total. The van der Waals surface area contributed by atoms with Crippen molar-refractivity contribution in [1.29, 1.82) is 0 Å². The number of amides is 1. The summed E-state index contributed by atoms with van der Waals surface area (Å²) in [6, 6.07) is 4.35. The first kappa shape index (κ1) is 16.2. The molecule has 110 valence electrons. The summed E-state index contributed by atoms with van der Waals surface area (Å²) in [5.74, 6) is -0.649. The fourth-order valence-corrected chi connectivity index (χ4v) is 1.65. The molecule has 20 heavy (non-hydrogen) atoms. The summed E-state index contributed by atoms with van der Waals surface area (Å²) in [4.78, 5) is 23.5. The van der Waals surface area contributed by atoms with E-state index in [0.29, 0.717) is 11.3 Å². The molecule has 0 aliphatic carbocycles. The minimum Gasteiger partial charge on any atom is -0.465 e.